The Morgan fingerprint density at radius 3 is 2.93 bits per heavy atom. The molecule has 14 heavy (non-hydrogen) atoms. The summed E-state index contributed by atoms with van der Waals surface area (Å²) in [5.41, 5.74) is 0.666. The topological polar surface area (TPSA) is 72.2 Å². The molecular formula is C9H8N2O3. The van der Waals surface area contributed by atoms with Gasteiger partial charge in [-0.25, -0.2) is 0 Å². The summed E-state index contributed by atoms with van der Waals surface area (Å²) in [6.07, 6.45) is 0.317. The summed E-state index contributed by atoms with van der Waals surface area (Å²) in [5.74, 6) is -0.161. The third kappa shape index (κ3) is 1.22. The largest absolute Gasteiger partial charge is 0.384 e. The third-order valence-corrected chi connectivity index (χ3v) is 2.19. The lowest BCUT2D eigenvalue weighted by molar-refractivity contribution is -0.385. The highest BCUT2D eigenvalue weighted by Gasteiger charge is 2.26. The molecule has 0 amide bonds. The van der Waals surface area contributed by atoms with Gasteiger partial charge in [-0.2, -0.15) is 0 Å². The van der Waals surface area contributed by atoms with E-state index in [1.807, 2.05) is 0 Å². The third-order valence-electron chi connectivity index (χ3n) is 2.19. The fourth-order valence-corrected chi connectivity index (χ4v) is 1.57. The Morgan fingerprint density at radius 2 is 2.21 bits per heavy atom. The molecule has 1 heterocycles. The summed E-state index contributed by atoms with van der Waals surface area (Å²) in [6, 6.07) is 4.60. The first kappa shape index (κ1) is 8.68. The summed E-state index contributed by atoms with van der Waals surface area (Å²) in [5, 5.41) is 13.6. The van der Waals surface area contributed by atoms with Crippen molar-refractivity contribution in [2.75, 3.05) is 11.9 Å². The van der Waals surface area contributed by atoms with Gasteiger partial charge in [0.1, 0.15) is 5.56 Å². The molecule has 0 saturated carbocycles. The predicted molar refractivity (Wildman–Crippen MR) is 50.5 cm³/mol. The van der Waals surface area contributed by atoms with E-state index in [0.717, 1.165) is 0 Å². The van der Waals surface area contributed by atoms with Crippen molar-refractivity contribution in [2.45, 2.75) is 6.42 Å². The molecule has 1 N–H and O–H groups in total. The second-order valence-corrected chi connectivity index (χ2v) is 3.06. The smallest absolute Gasteiger partial charge is 0.282 e. The van der Waals surface area contributed by atoms with Crippen LogP contribution in [0.1, 0.15) is 16.8 Å². The van der Waals surface area contributed by atoms with Crippen molar-refractivity contribution in [3.8, 4) is 0 Å². The molecule has 0 saturated heterocycles. The number of nitrogens with one attached hydrogen (secondary N) is 1. The van der Waals surface area contributed by atoms with Gasteiger partial charge in [0.25, 0.3) is 5.69 Å². The molecule has 0 radical (unpaired) electrons. The Morgan fingerprint density at radius 1 is 1.43 bits per heavy atom. The first-order chi connectivity index (χ1) is 6.70. The van der Waals surface area contributed by atoms with Crippen molar-refractivity contribution >= 4 is 17.2 Å². The number of anilines is 1. The van der Waals surface area contributed by atoms with Crippen LogP contribution in [0.3, 0.4) is 0 Å². The normalized spacial score (nSPS) is 14.4. The standard InChI is InChI=1S/C9H8N2O3/c12-8-4-5-10-6-2-1-3-7(9(6)8)11(13)14/h1-3,10H,4-5H2. The minimum absolute atomic E-state index is 0.111. The predicted octanol–water partition coefficient (Wildman–Crippen LogP) is 1.59. The molecule has 72 valence electrons. The van der Waals surface area contributed by atoms with E-state index in [-0.39, 0.29) is 17.0 Å². The molecule has 0 bridgehead atoms. The molecule has 0 fully saturated rings. The first-order valence-corrected chi connectivity index (χ1v) is 4.24. The summed E-state index contributed by atoms with van der Waals surface area (Å²) < 4.78 is 0. The van der Waals surface area contributed by atoms with Crippen LogP contribution in [0.4, 0.5) is 11.4 Å². The number of hydrogen-bond acceptors (Lipinski definition) is 4. The highest BCUT2D eigenvalue weighted by Crippen LogP contribution is 2.29. The molecule has 0 aliphatic carbocycles. The molecule has 0 unspecified atom stereocenters. The van der Waals surface area contributed by atoms with Gasteiger partial charge in [-0.1, -0.05) is 6.07 Å². The maximum Gasteiger partial charge on any atom is 0.282 e. The Hall–Kier alpha value is -1.91. The van der Waals surface area contributed by atoms with Crippen LogP contribution in [0.5, 0.6) is 0 Å². The molecule has 1 aromatic rings. The Balaban J connectivity index is 2.63. The van der Waals surface area contributed by atoms with E-state index in [4.69, 9.17) is 0 Å². The average Bonchev–Trinajstić information content (AvgIpc) is 2.17. The quantitative estimate of drug-likeness (QED) is 0.541. The number of ketones is 1. The fourth-order valence-electron chi connectivity index (χ4n) is 1.57. The van der Waals surface area contributed by atoms with Crippen molar-refractivity contribution in [1.82, 2.24) is 0 Å². The fraction of sp³-hybridized carbons (Fsp3) is 0.222. The maximum atomic E-state index is 11.5. The molecule has 0 atom stereocenters. The number of nitro groups is 1. The number of benzene rings is 1. The lowest BCUT2D eigenvalue weighted by Crippen LogP contribution is -2.19. The second-order valence-electron chi connectivity index (χ2n) is 3.06. The van der Waals surface area contributed by atoms with Crippen LogP contribution in [0, 0.1) is 10.1 Å². The highest BCUT2D eigenvalue weighted by molar-refractivity contribution is 6.06. The second kappa shape index (κ2) is 3.10. The number of hydrogen-bond donors (Lipinski definition) is 1. The van der Waals surface area contributed by atoms with Crippen LogP contribution in [0.15, 0.2) is 18.2 Å². The number of nitrogens with zero attached hydrogens (tertiary/aromatic N) is 1. The van der Waals surface area contributed by atoms with Gasteiger partial charge in [0.15, 0.2) is 5.78 Å². The number of nitro benzene ring substituents is 1. The van der Waals surface area contributed by atoms with Crippen LogP contribution >= 0.6 is 0 Å². The van der Waals surface area contributed by atoms with E-state index in [2.05, 4.69) is 5.32 Å². The van der Waals surface area contributed by atoms with Crippen LogP contribution in [0.25, 0.3) is 0 Å². The van der Waals surface area contributed by atoms with Crippen molar-refractivity contribution in [3.05, 3.63) is 33.9 Å². The van der Waals surface area contributed by atoms with Crippen molar-refractivity contribution < 1.29 is 9.72 Å². The monoisotopic (exact) mass is 192 g/mol. The Bertz CT molecular complexity index is 415. The lowest BCUT2D eigenvalue weighted by atomic mass is 10.0. The van der Waals surface area contributed by atoms with E-state index in [1.54, 1.807) is 12.1 Å². The van der Waals surface area contributed by atoms with E-state index in [9.17, 15) is 14.9 Å². The van der Waals surface area contributed by atoms with E-state index in [1.165, 1.54) is 6.07 Å². The maximum absolute atomic E-state index is 11.5. The zero-order valence-electron chi connectivity index (χ0n) is 7.32. The van der Waals surface area contributed by atoms with E-state index < -0.39 is 4.92 Å². The van der Waals surface area contributed by atoms with Crippen LogP contribution < -0.4 is 5.32 Å². The molecular weight excluding hydrogens is 184 g/mol. The summed E-state index contributed by atoms with van der Waals surface area (Å²) in [7, 11) is 0. The molecule has 1 aromatic carbocycles. The van der Waals surface area contributed by atoms with E-state index in [0.29, 0.717) is 18.7 Å². The minimum atomic E-state index is -0.524. The molecule has 0 spiro atoms. The first-order valence-electron chi connectivity index (χ1n) is 4.24. The van der Waals surface area contributed by atoms with Crippen molar-refractivity contribution in [1.29, 1.82) is 0 Å². The molecule has 5 heteroatoms. The van der Waals surface area contributed by atoms with E-state index >= 15 is 0 Å². The lowest BCUT2D eigenvalue weighted by Gasteiger charge is -2.15. The van der Waals surface area contributed by atoms with Gasteiger partial charge in [-0.3, -0.25) is 14.9 Å². The SMILES string of the molecule is O=C1CCNc2cccc([N+](=O)[O-])c21. The van der Waals surface area contributed by atoms with Crippen LogP contribution in [-0.4, -0.2) is 17.3 Å². The minimum Gasteiger partial charge on any atom is -0.384 e. The number of rotatable bonds is 1. The number of carbonyl (C=O) groups excluding carboxylic acids is 1. The van der Waals surface area contributed by atoms with Gasteiger partial charge in [-0.05, 0) is 6.07 Å². The van der Waals surface area contributed by atoms with Crippen LogP contribution in [0.2, 0.25) is 0 Å². The van der Waals surface area contributed by atoms with Gasteiger partial charge < -0.3 is 5.32 Å². The molecule has 0 aromatic heterocycles. The van der Waals surface area contributed by atoms with Gasteiger partial charge in [0.05, 0.1) is 10.6 Å². The summed E-state index contributed by atoms with van der Waals surface area (Å²) in [4.78, 5) is 21.6. The summed E-state index contributed by atoms with van der Waals surface area (Å²) in [6.45, 7) is 0.549. The zero-order chi connectivity index (χ0) is 10.1. The van der Waals surface area contributed by atoms with Gasteiger partial charge in [0, 0.05) is 19.0 Å². The number of Topliss-reactive ketones (excluding diaryl/α,β-unsaturated/α-hetero) is 1. The van der Waals surface area contributed by atoms with Gasteiger partial charge >= 0.3 is 0 Å². The van der Waals surface area contributed by atoms with Crippen molar-refractivity contribution in [2.24, 2.45) is 0 Å². The van der Waals surface area contributed by atoms with Crippen molar-refractivity contribution in [3.63, 3.8) is 0 Å². The highest BCUT2D eigenvalue weighted by atomic mass is 16.6. The molecule has 5 nitrogen and oxygen atoms in total. The Labute approximate surface area is 79.9 Å². The van der Waals surface area contributed by atoms with Crippen LogP contribution in [-0.2, 0) is 0 Å². The Kier molecular flexibility index (Phi) is 1.92. The van der Waals surface area contributed by atoms with Gasteiger partial charge in [0.2, 0.25) is 0 Å². The number of carbonyl (C=O) groups is 1. The zero-order valence-corrected chi connectivity index (χ0v) is 7.32. The molecule has 1 aliphatic rings. The molecule has 1 aliphatic heterocycles. The van der Waals surface area contributed by atoms with Gasteiger partial charge in [-0.15, -0.1) is 0 Å². The summed E-state index contributed by atoms with van der Waals surface area (Å²) >= 11 is 0. The number of fused-ring (bicyclic) bond motifs is 1. The average molecular weight is 192 g/mol. The molecule has 2 rings (SSSR count).